The highest BCUT2D eigenvalue weighted by molar-refractivity contribution is 5.90. The van der Waals surface area contributed by atoms with Gasteiger partial charge < -0.3 is 4.74 Å². The Morgan fingerprint density at radius 2 is 1.48 bits per heavy atom. The number of aryl methyl sites for hydroxylation is 1. The van der Waals surface area contributed by atoms with E-state index < -0.39 is 0 Å². The zero-order valence-electron chi connectivity index (χ0n) is 13.8. The smallest absolute Gasteiger partial charge is 0.338 e. The first-order chi connectivity index (χ1) is 11.2. The standard InChI is InChI=1S/C21H24O2/c1-16-7-9-18(10-8-16)19-11-13-20(14-12-19)21(22)23-15-17-5-3-2-4-6-17/h7-14,17H,2-6,15H2,1H3. The van der Waals surface area contributed by atoms with Crippen molar-refractivity contribution in [3.63, 3.8) is 0 Å². The van der Waals surface area contributed by atoms with Crippen LogP contribution in [-0.2, 0) is 4.74 Å². The second-order valence-electron chi connectivity index (χ2n) is 6.55. The van der Waals surface area contributed by atoms with Crippen LogP contribution in [0.1, 0.15) is 48.0 Å². The van der Waals surface area contributed by atoms with Gasteiger partial charge in [-0.25, -0.2) is 4.79 Å². The first kappa shape index (κ1) is 15.8. The number of esters is 1. The highest BCUT2D eigenvalue weighted by Gasteiger charge is 2.16. The molecule has 0 heterocycles. The maximum atomic E-state index is 12.2. The van der Waals surface area contributed by atoms with Crippen LogP contribution in [0.2, 0.25) is 0 Å². The molecule has 0 N–H and O–H groups in total. The van der Waals surface area contributed by atoms with Gasteiger partial charge in [-0.05, 0) is 48.9 Å². The molecule has 2 aromatic carbocycles. The van der Waals surface area contributed by atoms with Crippen LogP contribution < -0.4 is 0 Å². The SMILES string of the molecule is Cc1ccc(-c2ccc(C(=O)OCC3CCCCC3)cc2)cc1. The zero-order chi connectivity index (χ0) is 16.1. The minimum absolute atomic E-state index is 0.203. The molecule has 0 radical (unpaired) electrons. The summed E-state index contributed by atoms with van der Waals surface area (Å²) in [6, 6.07) is 16.1. The number of rotatable bonds is 4. The van der Waals surface area contributed by atoms with E-state index in [1.54, 1.807) is 0 Å². The summed E-state index contributed by atoms with van der Waals surface area (Å²) >= 11 is 0. The molecule has 1 saturated carbocycles. The van der Waals surface area contributed by atoms with Gasteiger partial charge in [-0.15, -0.1) is 0 Å². The summed E-state index contributed by atoms with van der Waals surface area (Å²) in [5.74, 6) is 0.352. The van der Waals surface area contributed by atoms with Crippen molar-refractivity contribution in [3.8, 4) is 11.1 Å². The van der Waals surface area contributed by atoms with Crippen LogP contribution in [0.5, 0.6) is 0 Å². The van der Waals surface area contributed by atoms with Crippen molar-refractivity contribution >= 4 is 5.97 Å². The molecule has 0 saturated heterocycles. The fraction of sp³-hybridized carbons (Fsp3) is 0.381. The summed E-state index contributed by atoms with van der Waals surface area (Å²) < 4.78 is 5.49. The average Bonchev–Trinajstić information content (AvgIpc) is 2.61. The quantitative estimate of drug-likeness (QED) is 0.707. The molecule has 0 spiro atoms. The predicted octanol–water partition coefficient (Wildman–Crippen LogP) is 5.40. The Morgan fingerprint density at radius 3 is 2.09 bits per heavy atom. The molecule has 0 aliphatic heterocycles. The molecule has 0 amide bonds. The number of ether oxygens (including phenoxy) is 1. The number of benzene rings is 2. The summed E-state index contributed by atoms with van der Waals surface area (Å²) in [4.78, 5) is 12.2. The first-order valence-corrected chi connectivity index (χ1v) is 8.56. The van der Waals surface area contributed by atoms with Gasteiger partial charge in [0.25, 0.3) is 0 Å². The molecule has 2 nitrogen and oxygen atoms in total. The Labute approximate surface area is 138 Å². The van der Waals surface area contributed by atoms with Crippen molar-refractivity contribution in [3.05, 3.63) is 59.7 Å². The molecule has 0 bridgehead atoms. The van der Waals surface area contributed by atoms with Gasteiger partial charge >= 0.3 is 5.97 Å². The van der Waals surface area contributed by atoms with E-state index >= 15 is 0 Å². The normalized spacial score (nSPS) is 15.3. The van der Waals surface area contributed by atoms with E-state index in [9.17, 15) is 4.79 Å². The fourth-order valence-corrected chi connectivity index (χ4v) is 3.18. The third-order valence-corrected chi connectivity index (χ3v) is 4.68. The minimum atomic E-state index is -0.203. The molecule has 2 aromatic rings. The first-order valence-electron chi connectivity index (χ1n) is 8.56. The molecule has 23 heavy (non-hydrogen) atoms. The number of hydrogen-bond acceptors (Lipinski definition) is 2. The molecule has 3 rings (SSSR count). The maximum absolute atomic E-state index is 12.2. The highest BCUT2D eigenvalue weighted by atomic mass is 16.5. The lowest BCUT2D eigenvalue weighted by Gasteiger charge is -2.21. The molecule has 120 valence electrons. The summed E-state index contributed by atoms with van der Waals surface area (Å²) in [5.41, 5.74) is 4.17. The van der Waals surface area contributed by atoms with Gasteiger partial charge in [0.1, 0.15) is 0 Å². The molecular formula is C21H24O2. The zero-order valence-corrected chi connectivity index (χ0v) is 13.8. The lowest BCUT2D eigenvalue weighted by atomic mass is 9.90. The maximum Gasteiger partial charge on any atom is 0.338 e. The fourth-order valence-electron chi connectivity index (χ4n) is 3.18. The van der Waals surface area contributed by atoms with E-state index in [0.717, 1.165) is 11.1 Å². The van der Waals surface area contributed by atoms with Gasteiger partial charge in [0, 0.05) is 0 Å². The molecule has 0 atom stereocenters. The van der Waals surface area contributed by atoms with Crippen LogP contribution in [0.3, 0.4) is 0 Å². The minimum Gasteiger partial charge on any atom is -0.462 e. The van der Waals surface area contributed by atoms with Crippen molar-refractivity contribution in [1.29, 1.82) is 0 Å². The second kappa shape index (κ2) is 7.45. The molecule has 1 aliphatic carbocycles. The topological polar surface area (TPSA) is 26.3 Å². The monoisotopic (exact) mass is 308 g/mol. The Kier molecular flexibility index (Phi) is 5.12. The van der Waals surface area contributed by atoms with Crippen molar-refractivity contribution in [1.82, 2.24) is 0 Å². The average molecular weight is 308 g/mol. The van der Waals surface area contributed by atoms with Gasteiger partial charge in [0.05, 0.1) is 12.2 Å². The predicted molar refractivity (Wildman–Crippen MR) is 93.5 cm³/mol. The molecule has 2 heteroatoms. The van der Waals surface area contributed by atoms with E-state index in [1.165, 1.54) is 37.7 Å². The molecule has 1 aliphatic rings. The summed E-state index contributed by atoms with van der Waals surface area (Å²) in [7, 11) is 0. The number of carbonyl (C=O) groups is 1. The molecule has 0 aromatic heterocycles. The van der Waals surface area contributed by atoms with Crippen LogP contribution in [0.25, 0.3) is 11.1 Å². The highest BCUT2D eigenvalue weighted by Crippen LogP contribution is 2.24. The number of carbonyl (C=O) groups excluding carboxylic acids is 1. The number of hydrogen-bond donors (Lipinski definition) is 0. The van der Waals surface area contributed by atoms with E-state index in [0.29, 0.717) is 18.1 Å². The lowest BCUT2D eigenvalue weighted by molar-refractivity contribution is 0.0410. The Bertz CT molecular complexity index is 635. The van der Waals surface area contributed by atoms with Crippen LogP contribution in [0.15, 0.2) is 48.5 Å². The van der Waals surface area contributed by atoms with Crippen molar-refractivity contribution in [2.75, 3.05) is 6.61 Å². The summed E-state index contributed by atoms with van der Waals surface area (Å²) in [5, 5.41) is 0. The van der Waals surface area contributed by atoms with Crippen LogP contribution in [0.4, 0.5) is 0 Å². The molecule has 1 fully saturated rings. The van der Waals surface area contributed by atoms with Crippen LogP contribution in [0, 0.1) is 12.8 Å². The Morgan fingerprint density at radius 1 is 0.913 bits per heavy atom. The van der Waals surface area contributed by atoms with Gasteiger partial charge in [0.2, 0.25) is 0 Å². The van der Waals surface area contributed by atoms with Gasteiger partial charge in [-0.3, -0.25) is 0 Å². The van der Waals surface area contributed by atoms with Gasteiger partial charge in [-0.2, -0.15) is 0 Å². The second-order valence-corrected chi connectivity index (χ2v) is 6.55. The third-order valence-electron chi connectivity index (χ3n) is 4.68. The summed E-state index contributed by atoms with van der Waals surface area (Å²) in [6.45, 7) is 2.65. The van der Waals surface area contributed by atoms with Crippen molar-refractivity contribution < 1.29 is 9.53 Å². The van der Waals surface area contributed by atoms with E-state index in [-0.39, 0.29) is 5.97 Å². The van der Waals surface area contributed by atoms with E-state index in [1.807, 2.05) is 24.3 Å². The van der Waals surface area contributed by atoms with Crippen molar-refractivity contribution in [2.24, 2.45) is 5.92 Å². The van der Waals surface area contributed by atoms with E-state index in [4.69, 9.17) is 4.74 Å². The third kappa shape index (κ3) is 4.22. The largest absolute Gasteiger partial charge is 0.462 e. The van der Waals surface area contributed by atoms with E-state index in [2.05, 4.69) is 31.2 Å². The Balaban J connectivity index is 1.59. The summed E-state index contributed by atoms with van der Waals surface area (Å²) in [6.07, 6.45) is 6.26. The lowest BCUT2D eigenvalue weighted by Crippen LogP contribution is -2.16. The van der Waals surface area contributed by atoms with Crippen LogP contribution >= 0.6 is 0 Å². The van der Waals surface area contributed by atoms with Crippen LogP contribution in [-0.4, -0.2) is 12.6 Å². The molecular weight excluding hydrogens is 284 g/mol. The molecule has 0 unspecified atom stereocenters. The van der Waals surface area contributed by atoms with Gasteiger partial charge in [-0.1, -0.05) is 61.2 Å². The Hall–Kier alpha value is -2.09. The van der Waals surface area contributed by atoms with Gasteiger partial charge in [0.15, 0.2) is 0 Å². The van der Waals surface area contributed by atoms with Crippen molar-refractivity contribution in [2.45, 2.75) is 39.0 Å².